The minimum atomic E-state index is 0.607. The summed E-state index contributed by atoms with van der Waals surface area (Å²) in [5, 5.41) is 11.4. The van der Waals surface area contributed by atoms with Crippen LogP contribution in [0.25, 0.3) is 72.3 Å². The van der Waals surface area contributed by atoms with Gasteiger partial charge in [0.05, 0.1) is 22.7 Å². The quantitative estimate of drug-likeness (QED) is 0.224. The smallest absolute Gasteiger partial charge is 0.227 e. The lowest BCUT2D eigenvalue weighted by molar-refractivity contribution is 0.622. The highest BCUT2D eigenvalue weighted by molar-refractivity contribution is 6.17. The van der Waals surface area contributed by atoms with Gasteiger partial charge in [0.1, 0.15) is 5.52 Å². The van der Waals surface area contributed by atoms with Crippen LogP contribution < -0.4 is 0 Å². The number of rotatable bonds is 4. The van der Waals surface area contributed by atoms with Gasteiger partial charge >= 0.3 is 0 Å². The standard InChI is InChI=1S/C38H23N3O/c39-24-25-11-13-27(14-12-25)28-15-18-31(19-16-28)41-35-22-17-30(26-7-3-1-4-8-26)23-33(35)32-20-21-34-37(36(32)41)42-38(40-34)29-9-5-2-6-10-29/h1-23H. The van der Waals surface area contributed by atoms with Crippen LogP contribution in [0.2, 0.25) is 0 Å². The van der Waals surface area contributed by atoms with Gasteiger partial charge in [-0.1, -0.05) is 78.9 Å². The van der Waals surface area contributed by atoms with Gasteiger partial charge in [-0.2, -0.15) is 5.26 Å². The second-order valence-corrected chi connectivity index (χ2v) is 10.4. The molecule has 196 valence electrons. The van der Waals surface area contributed by atoms with E-state index in [0.29, 0.717) is 11.5 Å². The van der Waals surface area contributed by atoms with Crippen LogP contribution in [0.15, 0.2) is 144 Å². The molecule has 0 fully saturated rings. The average Bonchev–Trinajstić information content (AvgIpc) is 3.65. The first-order chi connectivity index (χ1) is 20.8. The van der Waals surface area contributed by atoms with Crippen LogP contribution in [0.1, 0.15) is 5.56 Å². The molecule has 4 nitrogen and oxygen atoms in total. The summed E-state index contributed by atoms with van der Waals surface area (Å²) in [7, 11) is 0. The zero-order valence-corrected chi connectivity index (χ0v) is 22.5. The lowest BCUT2D eigenvalue weighted by Crippen LogP contribution is -1.94. The molecule has 0 saturated heterocycles. The monoisotopic (exact) mass is 537 g/mol. The molecule has 0 N–H and O–H groups in total. The molecule has 0 radical (unpaired) electrons. The van der Waals surface area contributed by atoms with Crippen molar-refractivity contribution in [3.63, 3.8) is 0 Å². The fraction of sp³-hybridized carbons (Fsp3) is 0. The van der Waals surface area contributed by atoms with Crippen molar-refractivity contribution in [2.45, 2.75) is 0 Å². The molecule has 0 aliphatic carbocycles. The van der Waals surface area contributed by atoms with E-state index in [1.54, 1.807) is 0 Å². The highest BCUT2D eigenvalue weighted by atomic mass is 16.3. The van der Waals surface area contributed by atoms with Gasteiger partial charge in [-0.25, -0.2) is 4.98 Å². The Hall–Kier alpha value is -5.92. The predicted octanol–water partition coefficient (Wildman–Crippen LogP) is 9.80. The molecular weight excluding hydrogens is 514 g/mol. The van der Waals surface area contributed by atoms with Crippen LogP contribution in [-0.2, 0) is 0 Å². The first kappa shape index (κ1) is 23.9. The Morgan fingerprint density at radius 1 is 0.571 bits per heavy atom. The number of oxazole rings is 1. The van der Waals surface area contributed by atoms with E-state index in [-0.39, 0.29) is 0 Å². The summed E-state index contributed by atoms with van der Waals surface area (Å²) in [6.45, 7) is 0. The Morgan fingerprint density at radius 3 is 1.88 bits per heavy atom. The number of hydrogen-bond acceptors (Lipinski definition) is 3. The molecule has 2 aromatic heterocycles. The van der Waals surface area contributed by atoms with E-state index in [1.165, 1.54) is 11.1 Å². The molecule has 0 amide bonds. The van der Waals surface area contributed by atoms with Gasteiger partial charge in [-0.3, -0.25) is 0 Å². The lowest BCUT2D eigenvalue weighted by Gasteiger charge is -2.10. The van der Waals surface area contributed by atoms with Crippen molar-refractivity contribution in [3.05, 3.63) is 145 Å². The molecule has 4 heteroatoms. The summed E-state index contributed by atoms with van der Waals surface area (Å²) in [5.74, 6) is 0.607. The van der Waals surface area contributed by atoms with E-state index in [0.717, 1.165) is 55.3 Å². The molecule has 0 bridgehead atoms. The molecule has 0 aliphatic rings. The van der Waals surface area contributed by atoms with Gasteiger partial charge in [-0.15, -0.1) is 0 Å². The topological polar surface area (TPSA) is 54.8 Å². The molecule has 0 spiro atoms. The second kappa shape index (κ2) is 9.62. The molecule has 0 saturated carbocycles. The first-order valence-corrected chi connectivity index (χ1v) is 13.9. The molecule has 6 aromatic carbocycles. The minimum absolute atomic E-state index is 0.607. The van der Waals surface area contributed by atoms with Crippen molar-refractivity contribution >= 4 is 32.9 Å². The van der Waals surface area contributed by atoms with Gasteiger partial charge in [0.2, 0.25) is 5.89 Å². The van der Waals surface area contributed by atoms with Crippen LogP contribution in [0, 0.1) is 11.3 Å². The van der Waals surface area contributed by atoms with Crippen LogP contribution in [0.3, 0.4) is 0 Å². The summed E-state index contributed by atoms with van der Waals surface area (Å²) < 4.78 is 8.81. The van der Waals surface area contributed by atoms with Gasteiger partial charge < -0.3 is 8.98 Å². The molecular formula is C38H23N3O. The highest BCUT2D eigenvalue weighted by Gasteiger charge is 2.20. The predicted molar refractivity (Wildman–Crippen MR) is 169 cm³/mol. The SMILES string of the molecule is N#Cc1ccc(-c2ccc(-n3c4ccc(-c5ccccc5)cc4c4ccc5nc(-c6ccccc6)oc5c43)cc2)cc1. The fourth-order valence-corrected chi connectivity index (χ4v) is 5.81. The molecule has 42 heavy (non-hydrogen) atoms. The molecule has 8 aromatic rings. The summed E-state index contributed by atoms with van der Waals surface area (Å²) in [4.78, 5) is 4.87. The summed E-state index contributed by atoms with van der Waals surface area (Å²) in [6, 6.07) is 49.8. The zero-order valence-electron chi connectivity index (χ0n) is 22.5. The number of fused-ring (bicyclic) bond motifs is 5. The van der Waals surface area contributed by atoms with Crippen LogP contribution in [-0.4, -0.2) is 9.55 Å². The molecule has 0 unspecified atom stereocenters. The highest BCUT2D eigenvalue weighted by Crippen LogP contribution is 2.40. The number of hydrogen-bond donors (Lipinski definition) is 0. The lowest BCUT2D eigenvalue weighted by atomic mass is 10.0. The maximum Gasteiger partial charge on any atom is 0.227 e. The number of nitrogens with zero attached hydrogens (tertiary/aromatic N) is 3. The van der Waals surface area contributed by atoms with Crippen molar-refractivity contribution in [2.75, 3.05) is 0 Å². The molecule has 8 rings (SSSR count). The fourth-order valence-electron chi connectivity index (χ4n) is 5.81. The van der Waals surface area contributed by atoms with E-state index >= 15 is 0 Å². The summed E-state index contributed by atoms with van der Waals surface area (Å²) in [5.41, 5.74) is 10.8. The second-order valence-electron chi connectivity index (χ2n) is 10.4. The largest absolute Gasteiger partial charge is 0.434 e. The van der Waals surface area contributed by atoms with Crippen molar-refractivity contribution in [3.8, 4) is 45.5 Å². The third-order valence-electron chi connectivity index (χ3n) is 7.88. The number of aromatic nitrogens is 2. The minimum Gasteiger partial charge on any atom is -0.434 e. The van der Waals surface area contributed by atoms with Gasteiger partial charge in [0, 0.05) is 22.0 Å². The maximum atomic E-state index is 9.17. The number of benzene rings is 6. The Kier molecular flexibility index (Phi) is 5.48. The Balaban J connectivity index is 1.37. The zero-order chi connectivity index (χ0) is 28.0. The van der Waals surface area contributed by atoms with E-state index in [4.69, 9.17) is 9.40 Å². The van der Waals surface area contributed by atoms with Crippen molar-refractivity contribution in [1.29, 1.82) is 5.26 Å². The average molecular weight is 538 g/mol. The number of nitriles is 1. The van der Waals surface area contributed by atoms with Gasteiger partial charge in [0.25, 0.3) is 0 Å². The first-order valence-electron chi connectivity index (χ1n) is 13.9. The maximum absolute atomic E-state index is 9.17. The van der Waals surface area contributed by atoms with Crippen LogP contribution in [0.5, 0.6) is 0 Å². The molecule has 0 aliphatic heterocycles. The normalized spacial score (nSPS) is 11.3. The van der Waals surface area contributed by atoms with E-state index in [1.807, 2.05) is 60.7 Å². The molecule has 0 atom stereocenters. The molecule has 2 heterocycles. The van der Waals surface area contributed by atoms with Crippen molar-refractivity contribution < 1.29 is 4.42 Å². The van der Waals surface area contributed by atoms with Crippen LogP contribution >= 0.6 is 0 Å². The Morgan fingerprint density at radius 2 is 1.19 bits per heavy atom. The third-order valence-corrected chi connectivity index (χ3v) is 7.88. The Labute approximate surface area is 242 Å². The van der Waals surface area contributed by atoms with Crippen molar-refractivity contribution in [1.82, 2.24) is 9.55 Å². The third kappa shape index (κ3) is 3.88. The van der Waals surface area contributed by atoms with Crippen molar-refractivity contribution in [2.24, 2.45) is 0 Å². The van der Waals surface area contributed by atoms with Gasteiger partial charge in [-0.05, 0) is 82.9 Å². The Bertz CT molecular complexity index is 2230. The van der Waals surface area contributed by atoms with E-state index in [2.05, 4.69) is 89.5 Å². The van der Waals surface area contributed by atoms with Gasteiger partial charge in [0.15, 0.2) is 5.58 Å². The summed E-state index contributed by atoms with van der Waals surface area (Å²) in [6.07, 6.45) is 0. The summed E-state index contributed by atoms with van der Waals surface area (Å²) >= 11 is 0. The van der Waals surface area contributed by atoms with E-state index < -0.39 is 0 Å². The van der Waals surface area contributed by atoms with Crippen LogP contribution in [0.4, 0.5) is 0 Å². The van der Waals surface area contributed by atoms with E-state index in [9.17, 15) is 5.26 Å².